The third kappa shape index (κ3) is 2.41. The van der Waals surface area contributed by atoms with E-state index in [4.69, 9.17) is 14.2 Å². The number of hydrogen-bond acceptors (Lipinski definition) is 4. The lowest BCUT2D eigenvalue weighted by atomic mass is 9.62. The van der Waals surface area contributed by atoms with Gasteiger partial charge in [0.15, 0.2) is 23.3 Å². The van der Waals surface area contributed by atoms with Crippen LogP contribution in [0, 0.1) is 5.41 Å². The van der Waals surface area contributed by atoms with E-state index in [0.717, 1.165) is 61.0 Å². The van der Waals surface area contributed by atoms with E-state index in [1.54, 1.807) is 7.11 Å². The highest BCUT2D eigenvalue weighted by Gasteiger charge is 2.77. The molecule has 4 atom stereocenters. The molecule has 2 saturated heterocycles. The number of methoxy groups -OCH3 is 1. The summed E-state index contributed by atoms with van der Waals surface area (Å²) in [5.74, 6) is 0.240. The predicted octanol–water partition coefficient (Wildman–Crippen LogP) is 5.20. The first kappa shape index (κ1) is 19.3. The maximum Gasteiger partial charge on any atom is 0.183 e. The molecule has 2 bridgehead atoms. The molecule has 3 fully saturated rings. The monoisotopic (exact) mass is 416 g/mol. The highest BCUT2D eigenvalue weighted by molar-refractivity contribution is 5.95. The molecule has 1 saturated carbocycles. The van der Waals surface area contributed by atoms with Crippen molar-refractivity contribution in [1.29, 1.82) is 0 Å². The minimum atomic E-state index is -0.831. The largest absolute Gasteiger partial charge is 0.497 e. The van der Waals surface area contributed by atoms with Gasteiger partial charge in [-0.2, -0.15) is 0 Å². The number of Topliss-reactive ketones (excluding diaryl/α,β-unsaturated/α-hetero) is 1. The summed E-state index contributed by atoms with van der Waals surface area (Å²) in [5, 5.41) is 0. The minimum Gasteiger partial charge on any atom is -0.497 e. The molecular formula is C27H28O4. The van der Waals surface area contributed by atoms with Crippen LogP contribution in [-0.4, -0.2) is 24.8 Å². The number of hydrogen-bond donors (Lipinski definition) is 0. The Balaban J connectivity index is 1.53. The summed E-state index contributed by atoms with van der Waals surface area (Å²) < 4.78 is 19.0. The third-order valence-corrected chi connectivity index (χ3v) is 8.07. The van der Waals surface area contributed by atoms with Crippen LogP contribution in [0.1, 0.15) is 55.7 Å². The molecule has 0 amide bonds. The summed E-state index contributed by atoms with van der Waals surface area (Å²) in [6.45, 7) is 2.06. The molecule has 2 spiro atoms. The Morgan fingerprint density at radius 1 is 1.03 bits per heavy atom. The molecule has 2 aliphatic carbocycles. The number of carbonyl (C=O) groups is 1. The van der Waals surface area contributed by atoms with E-state index in [1.807, 2.05) is 12.1 Å². The number of ether oxygens (including phenoxy) is 3. The van der Waals surface area contributed by atoms with Gasteiger partial charge in [0.05, 0.1) is 12.5 Å². The molecule has 6 rings (SSSR count). The van der Waals surface area contributed by atoms with Crippen LogP contribution in [0.15, 0.2) is 54.1 Å². The van der Waals surface area contributed by atoms with Crippen molar-refractivity contribution in [2.75, 3.05) is 7.11 Å². The number of fused-ring (bicyclic) bond motifs is 4. The Kier molecular flexibility index (Phi) is 4.06. The fourth-order valence-electron chi connectivity index (χ4n) is 6.34. The molecule has 2 heterocycles. The summed E-state index contributed by atoms with van der Waals surface area (Å²) in [5.41, 5.74) is 3.20. The normalized spacial score (nSPS) is 37.2. The second-order valence-corrected chi connectivity index (χ2v) is 9.59. The van der Waals surface area contributed by atoms with Gasteiger partial charge in [0.2, 0.25) is 0 Å². The molecule has 2 aliphatic heterocycles. The minimum absolute atomic E-state index is 0.218. The fourth-order valence-corrected chi connectivity index (χ4v) is 6.34. The average molecular weight is 417 g/mol. The van der Waals surface area contributed by atoms with Crippen LogP contribution in [0.2, 0.25) is 0 Å². The van der Waals surface area contributed by atoms with Crippen LogP contribution in [-0.2, 0) is 26.3 Å². The lowest BCUT2D eigenvalue weighted by molar-refractivity contribution is -0.249. The van der Waals surface area contributed by atoms with Crippen molar-refractivity contribution in [3.8, 4) is 5.75 Å². The second-order valence-electron chi connectivity index (χ2n) is 9.59. The molecular weight excluding hydrogens is 388 g/mol. The number of benzene rings is 2. The molecule has 0 radical (unpaired) electrons. The van der Waals surface area contributed by atoms with Gasteiger partial charge in [-0.3, -0.25) is 4.79 Å². The van der Waals surface area contributed by atoms with Gasteiger partial charge in [-0.05, 0) is 67.0 Å². The summed E-state index contributed by atoms with van der Waals surface area (Å²) in [7, 11) is 1.67. The van der Waals surface area contributed by atoms with Crippen molar-refractivity contribution in [1.82, 2.24) is 0 Å². The van der Waals surface area contributed by atoms with Gasteiger partial charge < -0.3 is 14.2 Å². The molecule has 2 aromatic rings. The third-order valence-electron chi connectivity index (χ3n) is 8.07. The Morgan fingerprint density at radius 2 is 1.81 bits per heavy atom. The molecule has 160 valence electrons. The topological polar surface area (TPSA) is 44.8 Å². The van der Waals surface area contributed by atoms with Crippen molar-refractivity contribution < 1.29 is 19.0 Å². The molecule has 31 heavy (non-hydrogen) atoms. The molecule has 0 N–H and O–H groups in total. The van der Waals surface area contributed by atoms with Crippen molar-refractivity contribution in [3.63, 3.8) is 0 Å². The fraction of sp³-hybridized carbons (Fsp3) is 0.444. The Morgan fingerprint density at radius 3 is 2.61 bits per heavy atom. The van der Waals surface area contributed by atoms with Crippen LogP contribution in [0.3, 0.4) is 0 Å². The molecule has 4 aliphatic rings. The van der Waals surface area contributed by atoms with Gasteiger partial charge in [0.25, 0.3) is 0 Å². The predicted molar refractivity (Wildman–Crippen MR) is 118 cm³/mol. The van der Waals surface area contributed by atoms with Crippen molar-refractivity contribution >= 4 is 11.9 Å². The van der Waals surface area contributed by atoms with E-state index in [2.05, 4.69) is 49.4 Å². The zero-order valence-electron chi connectivity index (χ0n) is 18.1. The second kappa shape index (κ2) is 6.54. The van der Waals surface area contributed by atoms with E-state index in [-0.39, 0.29) is 5.78 Å². The summed E-state index contributed by atoms with van der Waals surface area (Å²) in [6.07, 6.45) is 7.12. The van der Waals surface area contributed by atoms with Gasteiger partial charge in [0, 0.05) is 6.42 Å². The first-order valence-electron chi connectivity index (χ1n) is 11.4. The van der Waals surface area contributed by atoms with E-state index in [9.17, 15) is 4.79 Å². The Hall–Kier alpha value is -2.43. The maximum atomic E-state index is 13.8. The SMILES string of the molecule is COc1ccc(/C=C2\CCc3ccccc3C23O[C@@]24CCCC[C@]2(C)C(=O)[C@@H]3O4)cc1. The van der Waals surface area contributed by atoms with Gasteiger partial charge in [-0.1, -0.05) is 48.9 Å². The highest BCUT2D eigenvalue weighted by Crippen LogP contribution is 2.67. The number of ketones is 1. The van der Waals surface area contributed by atoms with E-state index >= 15 is 0 Å². The van der Waals surface area contributed by atoms with E-state index in [0.29, 0.717) is 0 Å². The standard InChI is InChI=1S/C27H28O4/c1-25-15-5-6-16-26(25)30-24(23(25)28)27(31-26)20(12-11-19-7-3-4-8-22(19)27)17-18-9-13-21(29-2)14-10-18/h3-4,7-10,13-14,17,24H,5-6,11-12,15-16H2,1-2H3/b20-17+/t24-,25+,26-,27?/m0/s1. The van der Waals surface area contributed by atoms with Crippen LogP contribution in [0.5, 0.6) is 5.75 Å². The first-order chi connectivity index (χ1) is 15.0. The molecule has 0 aromatic heterocycles. The lowest BCUT2D eigenvalue weighted by Gasteiger charge is -2.50. The quantitative estimate of drug-likeness (QED) is 0.675. The van der Waals surface area contributed by atoms with Crippen LogP contribution < -0.4 is 4.74 Å². The molecule has 2 aromatic carbocycles. The number of aryl methyl sites for hydroxylation is 1. The number of carbonyl (C=O) groups excluding carboxylic acids is 1. The van der Waals surface area contributed by atoms with E-state index in [1.165, 1.54) is 5.56 Å². The van der Waals surface area contributed by atoms with Gasteiger partial charge >= 0.3 is 0 Å². The van der Waals surface area contributed by atoms with Crippen molar-refractivity contribution in [2.45, 2.75) is 62.9 Å². The Labute approximate surface area is 183 Å². The summed E-state index contributed by atoms with van der Waals surface area (Å²) in [4.78, 5) is 13.8. The van der Waals surface area contributed by atoms with Crippen LogP contribution >= 0.6 is 0 Å². The summed E-state index contributed by atoms with van der Waals surface area (Å²) >= 11 is 0. The van der Waals surface area contributed by atoms with Gasteiger partial charge in [0.1, 0.15) is 5.75 Å². The molecule has 4 nitrogen and oxygen atoms in total. The molecule has 1 unspecified atom stereocenters. The van der Waals surface area contributed by atoms with Gasteiger partial charge in [-0.15, -0.1) is 0 Å². The molecule has 4 heteroatoms. The van der Waals surface area contributed by atoms with Gasteiger partial charge in [-0.25, -0.2) is 0 Å². The smallest absolute Gasteiger partial charge is 0.183 e. The number of rotatable bonds is 2. The highest BCUT2D eigenvalue weighted by atomic mass is 16.8. The van der Waals surface area contributed by atoms with E-state index < -0.39 is 22.9 Å². The Bertz CT molecular complexity index is 1090. The lowest BCUT2D eigenvalue weighted by Crippen LogP contribution is -2.59. The maximum absolute atomic E-state index is 13.8. The zero-order valence-corrected chi connectivity index (χ0v) is 18.1. The first-order valence-corrected chi connectivity index (χ1v) is 11.4. The zero-order chi connectivity index (χ0) is 21.3. The van der Waals surface area contributed by atoms with Crippen molar-refractivity contribution in [2.24, 2.45) is 5.41 Å². The van der Waals surface area contributed by atoms with Crippen LogP contribution in [0.4, 0.5) is 0 Å². The van der Waals surface area contributed by atoms with Crippen molar-refractivity contribution in [3.05, 3.63) is 70.8 Å². The van der Waals surface area contributed by atoms with Crippen LogP contribution in [0.25, 0.3) is 6.08 Å². The summed E-state index contributed by atoms with van der Waals surface area (Å²) in [6, 6.07) is 16.5. The average Bonchev–Trinajstić information content (AvgIpc) is 3.25.